The number of fused-ring (bicyclic) bond motifs is 1. The molecule has 5 rings (SSSR count). The van der Waals surface area contributed by atoms with E-state index in [0.717, 1.165) is 5.56 Å². The number of nitrogens with two attached hydrogens (primary N) is 1. The Morgan fingerprint density at radius 1 is 1.06 bits per heavy atom. The first-order valence-corrected chi connectivity index (χ1v) is 10.8. The average molecular weight is 463 g/mol. The molecule has 174 valence electrons. The van der Waals surface area contributed by atoms with Crippen molar-refractivity contribution >= 4 is 17.7 Å². The molecule has 34 heavy (non-hydrogen) atoms. The maximum atomic E-state index is 14.9. The van der Waals surface area contributed by atoms with Crippen LogP contribution in [-0.2, 0) is 11.3 Å². The lowest BCUT2D eigenvalue weighted by atomic mass is 10.0. The molecule has 1 saturated heterocycles. The largest absolute Gasteiger partial charge is 0.454 e. The quantitative estimate of drug-likeness (QED) is 0.581. The smallest absolute Gasteiger partial charge is 0.414 e. The number of anilines is 1. The monoisotopic (exact) mass is 463 g/mol. The van der Waals surface area contributed by atoms with Crippen LogP contribution < -0.4 is 25.4 Å². The third-order valence-electron chi connectivity index (χ3n) is 5.75. The van der Waals surface area contributed by atoms with Crippen molar-refractivity contribution in [2.75, 3.05) is 24.8 Å². The molecule has 0 radical (unpaired) electrons. The Morgan fingerprint density at radius 3 is 2.59 bits per heavy atom. The number of ether oxygens (including phenoxy) is 3. The molecule has 3 aromatic rings. The Hall–Kier alpha value is -4.11. The second-order valence-electron chi connectivity index (χ2n) is 7.96. The van der Waals surface area contributed by atoms with Crippen molar-refractivity contribution in [1.29, 1.82) is 0 Å². The first-order chi connectivity index (χ1) is 16.5. The van der Waals surface area contributed by atoms with Crippen LogP contribution >= 0.6 is 0 Å². The summed E-state index contributed by atoms with van der Waals surface area (Å²) in [6.07, 6.45) is -0.928. The molecule has 0 unspecified atom stereocenters. The first kappa shape index (κ1) is 21.7. The van der Waals surface area contributed by atoms with Gasteiger partial charge in [-0.3, -0.25) is 9.69 Å². The Bertz CT molecular complexity index is 1250. The Morgan fingerprint density at radius 2 is 1.85 bits per heavy atom. The number of rotatable bonds is 6. The summed E-state index contributed by atoms with van der Waals surface area (Å²) in [7, 11) is 0. The lowest BCUT2D eigenvalue weighted by Gasteiger charge is -2.14. The normalized spacial score (nSPS) is 16.5. The minimum atomic E-state index is -0.533. The van der Waals surface area contributed by atoms with Crippen LogP contribution in [0.3, 0.4) is 0 Å². The molecule has 0 aromatic heterocycles. The summed E-state index contributed by atoms with van der Waals surface area (Å²) < 4.78 is 30.5. The van der Waals surface area contributed by atoms with Crippen LogP contribution in [-0.4, -0.2) is 38.0 Å². The second kappa shape index (κ2) is 9.03. The summed E-state index contributed by atoms with van der Waals surface area (Å²) in [5, 5.41) is 2.86. The third kappa shape index (κ3) is 4.25. The summed E-state index contributed by atoms with van der Waals surface area (Å²) in [4.78, 5) is 25.8. The van der Waals surface area contributed by atoms with E-state index >= 15 is 0 Å². The average Bonchev–Trinajstić information content (AvgIpc) is 3.48. The molecule has 8 nitrogen and oxygen atoms in total. The molecule has 1 fully saturated rings. The third-order valence-corrected chi connectivity index (χ3v) is 5.75. The van der Waals surface area contributed by atoms with E-state index in [9.17, 15) is 14.0 Å². The van der Waals surface area contributed by atoms with Crippen LogP contribution in [0.2, 0.25) is 0 Å². The molecule has 0 bridgehead atoms. The number of cyclic esters (lactones) is 1. The van der Waals surface area contributed by atoms with E-state index in [1.165, 1.54) is 11.0 Å². The van der Waals surface area contributed by atoms with Gasteiger partial charge in [0.05, 0.1) is 12.2 Å². The van der Waals surface area contributed by atoms with Gasteiger partial charge in [0, 0.05) is 24.2 Å². The van der Waals surface area contributed by atoms with Gasteiger partial charge in [-0.25, -0.2) is 9.18 Å². The van der Waals surface area contributed by atoms with E-state index in [1.807, 2.05) is 12.1 Å². The molecule has 3 N–H and O–H groups in total. The lowest BCUT2D eigenvalue weighted by molar-refractivity contribution is 0.0950. The van der Waals surface area contributed by atoms with E-state index in [1.54, 1.807) is 42.5 Å². The Kier molecular flexibility index (Phi) is 5.77. The number of carbonyl (C=O) groups is 2. The molecular weight excluding hydrogens is 441 g/mol. The van der Waals surface area contributed by atoms with Gasteiger partial charge < -0.3 is 25.3 Å². The highest BCUT2D eigenvalue weighted by Gasteiger charge is 2.31. The van der Waals surface area contributed by atoms with E-state index < -0.39 is 18.0 Å². The minimum Gasteiger partial charge on any atom is -0.454 e. The van der Waals surface area contributed by atoms with E-state index in [4.69, 9.17) is 19.9 Å². The van der Waals surface area contributed by atoms with Crippen molar-refractivity contribution in [2.24, 2.45) is 5.73 Å². The second-order valence-corrected chi connectivity index (χ2v) is 7.96. The molecule has 2 amide bonds. The van der Waals surface area contributed by atoms with Gasteiger partial charge in [0.2, 0.25) is 6.79 Å². The first-order valence-electron chi connectivity index (χ1n) is 10.8. The molecular formula is C25H22FN3O5. The van der Waals surface area contributed by atoms with Crippen molar-refractivity contribution in [1.82, 2.24) is 5.32 Å². The standard InChI is InChI=1S/C25H22FN3O5/c26-21-10-18(29-13-19(11-27)34-25(29)31)6-7-20(21)16-3-1-15(2-4-16)12-28-24(30)17-5-8-22-23(9-17)33-14-32-22/h1-10,19H,11-14,27H2,(H,28,30)/t19-/m0/s1. The summed E-state index contributed by atoms with van der Waals surface area (Å²) in [5.74, 6) is 0.477. The zero-order valence-electron chi connectivity index (χ0n) is 18.1. The van der Waals surface area contributed by atoms with Crippen LogP contribution in [0.15, 0.2) is 60.7 Å². The van der Waals surface area contributed by atoms with Crippen LogP contribution in [0.1, 0.15) is 15.9 Å². The maximum absolute atomic E-state index is 14.9. The predicted molar refractivity (Wildman–Crippen MR) is 122 cm³/mol. The highest BCUT2D eigenvalue weighted by Crippen LogP contribution is 2.32. The highest BCUT2D eigenvalue weighted by atomic mass is 19.1. The number of hydrogen-bond donors (Lipinski definition) is 2. The number of halogens is 1. The van der Waals surface area contributed by atoms with Crippen molar-refractivity contribution < 1.29 is 28.2 Å². The Balaban J connectivity index is 1.23. The summed E-state index contributed by atoms with van der Waals surface area (Å²) in [6, 6.07) is 16.9. The van der Waals surface area contributed by atoms with E-state index in [0.29, 0.717) is 47.0 Å². The molecule has 2 aliphatic heterocycles. The van der Waals surface area contributed by atoms with Crippen molar-refractivity contribution in [3.8, 4) is 22.6 Å². The molecule has 0 spiro atoms. The van der Waals surface area contributed by atoms with Gasteiger partial charge in [0.1, 0.15) is 11.9 Å². The van der Waals surface area contributed by atoms with Gasteiger partial charge in [-0.2, -0.15) is 0 Å². The van der Waals surface area contributed by atoms with Crippen molar-refractivity contribution in [2.45, 2.75) is 12.6 Å². The number of hydrogen-bond acceptors (Lipinski definition) is 6. The van der Waals surface area contributed by atoms with Crippen LogP contribution in [0.4, 0.5) is 14.9 Å². The Labute approximate surface area is 195 Å². The topological polar surface area (TPSA) is 103 Å². The number of nitrogens with one attached hydrogen (secondary N) is 1. The van der Waals surface area contributed by atoms with Crippen LogP contribution in [0.25, 0.3) is 11.1 Å². The fourth-order valence-electron chi connectivity index (χ4n) is 3.89. The van der Waals surface area contributed by atoms with Gasteiger partial charge in [-0.05, 0) is 47.5 Å². The minimum absolute atomic E-state index is 0.148. The fourth-order valence-corrected chi connectivity index (χ4v) is 3.89. The SMILES string of the molecule is NC[C@H]1CN(c2ccc(-c3ccc(CNC(=O)c4ccc5c(c4)OCO5)cc3)c(F)c2)C(=O)O1. The van der Waals surface area contributed by atoms with Gasteiger partial charge in [-0.15, -0.1) is 0 Å². The number of nitrogens with zero attached hydrogens (tertiary/aromatic N) is 1. The molecule has 2 aliphatic rings. The van der Waals surface area contributed by atoms with Gasteiger partial charge >= 0.3 is 6.09 Å². The highest BCUT2D eigenvalue weighted by molar-refractivity contribution is 5.95. The molecule has 1 atom stereocenters. The molecule has 3 aromatic carbocycles. The molecule has 2 heterocycles. The van der Waals surface area contributed by atoms with Gasteiger partial charge in [-0.1, -0.05) is 24.3 Å². The van der Waals surface area contributed by atoms with E-state index in [2.05, 4.69) is 5.32 Å². The lowest BCUT2D eigenvalue weighted by Crippen LogP contribution is -2.27. The van der Waals surface area contributed by atoms with Crippen LogP contribution in [0.5, 0.6) is 11.5 Å². The van der Waals surface area contributed by atoms with E-state index in [-0.39, 0.29) is 19.2 Å². The number of benzene rings is 3. The fraction of sp³-hybridized carbons (Fsp3) is 0.200. The van der Waals surface area contributed by atoms with Crippen molar-refractivity contribution in [3.63, 3.8) is 0 Å². The number of amides is 2. The number of carbonyl (C=O) groups excluding carboxylic acids is 2. The maximum Gasteiger partial charge on any atom is 0.414 e. The summed E-state index contributed by atoms with van der Waals surface area (Å²) in [5.41, 5.74) is 8.40. The van der Waals surface area contributed by atoms with Crippen LogP contribution in [0, 0.1) is 5.82 Å². The zero-order valence-corrected chi connectivity index (χ0v) is 18.1. The molecule has 0 saturated carbocycles. The predicted octanol–water partition coefficient (Wildman–Crippen LogP) is 3.44. The zero-order chi connectivity index (χ0) is 23.7. The molecule has 9 heteroatoms. The van der Waals surface area contributed by atoms with Gasteiger partial charge in [0.15, 0.2) is 11.5 Å². The van der Waals surface area contributed by atoms with Gasteiger partial charge in [0.25, 0.3) is 5.91 Å². The summed E-state index contributed by atoms with van der Waals surface area (Å²) >= 11 is 0. The molecule has 0 aliphatic carbocycles. The van der Waals surface area contributed by atoms with Crippen molar-refractivity contribution in [3.05, 3.63) is 77.6 Å². The summed E-state index contributed by atoms with van der Waals surface area (Å²) in [6.45, 7) is 0.969.